The van der Waals surface area contributed by atoms with Crippen molar-refractivity contribution in [2.75, 3.05) is 52.4 Å². The largest absolute Gasteiger partial charge is 0.342 e. The smallest absolute Gasteiger partial charge is 0.324 e. The van der Waals surface area contributed by atoms with Crippen LogP contribution in [0, 0.1) is 0 Å². The van der Waals surface area contributed by atoms with Gasteiger partial charge >= 0.3 is 17.8 Å². The lowest BCUT2D eigenvalue weighted by Gasteiger charge is -2.51. The van der Waals surface area contributed by atoms with E-state index in [1.54, 1.807) is 6.92 Å². The number of benzene rings is 1. The second kappa shape index (κ2) is 13.9. The monoisotopic (exact) mass is 568 g/mol. The van der Waals surface area contributed by atoms with Gasteiger partial charge in [0.2, 0.25) is 11.8 Å². The van der Waals surface area contributed by atoms with Crippen LogP contribution in [0.1, 0.15) is 57.9 Å². The molecule has 2 N–H and O–H groups in total. The lowest BCUT2D eigenvalue weighted by molar-refractivity contribution is -0.161. The van der Waals surface area contributed by atoms with Crippen molar-refractivity contribution in [3.05, 3.63) is 35.9 Å². The standard InChI is InChI=1S/C30H44N6O5/c1-3-17-36-25(37)24(12-8-9-16-31-29(41)35-22-21-34(4-2)26(38)27(35)39)32-28(40)30(36)14-19-33(20-15-30)18-13-23-10-6-5-7-11-23/h5-7,10-11,24H,3-4,8-9,12-22H2,1-2H3,(H,31,41)(H,32,40)/t24-/m0/s1. The van der Waals surface area contributed by atoms with Crippen molar-refractivity contribution in [2.24, 2.45) is 0 Å². The van der Waals surface area contributed by atoms with E-state index in [2.05, 4.69) is 39.8 Å². The first kappa shape index (κ1) is 30.5. The summed E-state index contributed by atoms with van der Waals surface area (Å²) in [4.78, 5) is 70.4. The number of hydrogen-bond donors (Lipinski definition) is 2. The molecule has 224 valence electrons. The number of imide groups is 1. The third-order valence-corrected chi connectivity index (χ3v) is 8.63. The molecule has 3 aliphatic heterocycles. The number of unbranched alkanes of at least 4 members (excludes halogenated alkanes) is 1. The van der Waals surface area contributed by atoms with Gasteiger partial charge in [-0.25, -0.2) is 4.79 Å². The summed E-state index contributed by atoms with van der Waals surface area (Å²) in [6.07, 6.45) is 4.69. The Balaban J connectivity index is 1.23. The van der Waals surface area contributed by atoms with Gasteiger partial charge in [0.1, 0.15) is 11.6 Å². The lowest BCUT2D eigenvalue weighted by Crippen LogP contribution is -2.72. The van der Waals surface area contributed by atoms with E-state index in [4.69, 9.17) is 0 Å². The Kier molecular flexibility index (Phi) is 10.4. The van der Waals surface area contributed by atoms with Crippen LogP contribution in [0.25, 0.3) is 0 Å². The van der Waals surface area contributed by atoms with Gasteiger partial charge < -0.3 is 25.3 Å². The number of amides is 6. The highest BCUT2D eigenvalue weighted by Crippen LogP contribution is 2.34. The molecule has 0 saturated carbocycles. The van der Waals surface area contributed by atoms with E-state index in [9.17, 15) is 24.0 Å². The van der Waals surface area contributed by atoms with Gasteiger partial charge in [0.15, 0.2) is 0 Å². The molecular weight excluding hydrogens is 524 g/mol. The van der Waals surface area contributed by atoms with Gasteiger partial charge in [-0.15, -0.1) is 0 Å². The van der Waals surface area contributed by atoms with E-state index in [0.29, 0.717) is 58.3 Å². The van der Waals surface area contributed by atoms with Crippen LogP contribution in [0.2, 0.25) is 0 Å². The van der Waals surface area contributed by atoms with Crippen molar-refractivity contribution in [1.29, 1.82) is 0 Å². The summed E-state index contributed by atoms with van der Waals surface area (Å²) in [6.45, 7) is 8.11. The van der Waals surface area contributed by atoms with Crippen LogP contribution in [-0.2, 0) is 25.6 Å². The molecule has 0 aliphatic carbocycles. The Morgan fingerprint density at radius 3 is 2.37 bits per heavy atom. The second-order valence-electron chi connectivity index (χ2n) is 11.2. The molecule has 1 atom stereocenters. The molecule has 41 heavy (non-hydrogen) atoms. The van der Waals surface area contributed by atoms with E-state index >= 15 is 0 Å². The average Bonchev–Trinajstić information content (AvgIpc) is 2.99. The zero-order valence-electron chi connectivity index (χ0n) is 24.4. The number of urea groups is 1. The maximum absolute atomic E-state index is 13.6. The van der Waals surface area contributed by atoms with Crippen molar-refractivity contribution >= 4 is 29.7 Å². The molecule has 0 radical (unpaired) electrons. The first-order valence-corrected chi connectivity index (χ1v) is 15.1. The number of likely N-dealkylation sites (N-methyl/N-ethyl adjacent to an activating group) is 1. The fourth-order valence-corrected chi connectivity index (χ4v) is 6.13. The molecule has 6 amide bonds. The van der Waals surface area contributed by atoms with E-state index in [0.717, 1.165) is 37.4 Å². The molecule has 3 fully saturated rings. The number of rotatable bonds is 11. The molecule has 1 aromatic rings. The summed E-state index contributed by atoms with van der Waals surface area (Å²) in [5, 5.41) is 5.73. The highest BCUT2D eigenvalue weighted by Gasteiger charge is 2.53. The van der Waals surface area contributed by atoms with Crippen molar-refractivity contribution < 1.29 is 24.0 Å². The number of hydrogen-bond acceptors (Lipinski definition) is 6. The van der Waals surface area contributed by atoms with Crippen molar-refractivity contribution in [3.63, 3.8) is 0 Å². The van der Waals surface area contributed by atoms with Gasteiger partial charge in [-0.05, 0) is 57.4 Å². The van der Waals surface area contributed by atoms with Gasteiger partial charge in [-0.2, -0.15) is 0 Å². The number of nitrogens with zero attached hydrogens (tertiary/aromatic N) is 4. The number of carbonyl (C=O) groups is 5. The van der Waals surface area contributed by atoms with E-state index in [-0.39, 0.29) is 18.4 Å². The summed E-state index contributed by atoms with van der Waals surface area (Å²) < 4.78 is 0. The maximum atomic E-state index is 13.6. The van der Waals surface area contributed by atoms with Crippen LogP contribution in [-0.4, -0.2) is 113 Å². The quantitative estimate of drug-likeness (QED) is 0.307. The van der Waals surface area contributed by atoms with Gasteiger partial charge in [-0.1, -0.05) is 37.3 Å². The molecule has 0 aromatic heterocycles. The summed E-state index contributed by atoms with van der Waals surface area (Å²) in [5.74, 6) is -1.54. The second-order valence-corrected chi connectivity index (χ2v) is 11.2. The predicted molar refractivity (Wildman–Crippen MR) is 154 cm³/mol. The molecule has 3 heterocycles. The molecule has 11 nitrogen and oxygen atoms in total. The minimum Gasteiger partial charge on any atom is -0.342 e. The molecule has 0 bridgehead atoms. The van der Waals surface area contributed by atoms with Gasteiger partial charge in [-0.3, -0.25) is 24.1 Å². The van der Waals surface area contributed by atoms with Crippen LogP contribution < -0.4 is 10.6 Å². The topological polar surface area (TPSA) is 122 Å². The van der Waals surface area contributed by atoms with Gasteiger partial charge in [0, 0.05) is 52.4 Å². The number of likely N-dealkylation sites (tertiary alicyclic amines) is 1. The Morgan fingerprint density at radius 2 is 1.68 bits per heavy atom. The molecule has 1 spiro atoms. The first-order valence-electron chi connectivity index (χ1n) is 15.1. The Morgan fingerprint density at radius 1 is 0.951 bits per heavy atom. The van der Waals surface area contributed by atoms with E-state index in [1.807, 2.05) is 17.9 Å². The fraction of sp³-hybridized carbons (Fsp3) is 0.633. The highest BCUT2D eigenvalue weighted by molar-refractivity contribution is 6.38. The van der Waals surface area contributed by atoms with Crippen LogP contribution in [0.4, 0.5) is 4.79 Å². The number of piperidine rings is 1. The minimum atomic E-state index is -0.807. The summed E-state index contributed by atoms with van der Waals surface area (Å²) in [6, 6.07) is 9.23. The zero-order valence-corrected chi connectivity index (χ0v) is 24.4. The molecular formula is C30H44N6O5. The minimum absolute atomic E-state index is 0.0221. The van der Waals surface area contributed by atoms with E-state index in [1.165, 1.54) is 10.5 Å². The SMILES string of the molecule is CCCN1C(=O)[C@H](CCCCNC(=O)N2CCN(CC)C(=O)C2=O)NC(=O)C12CCN(CCc1ccccc1)CC2. The van der Waals surface area contributed by atoms with Crippen LogP contribution >= 0.6 is 0 Å². The molecule has 11 heteroatoms. The fourth-order valence-electron chi connectivity index (χ4n) is 6.13. The van der Waals surface area contributed by atoms with Crippen molar-refractivity contribution in [2.45, 2.75) is 70.4 Å². The lowest BCUT2D eigenvalue weighted by atomic mass is 9.81. The summed E-state index contributed by atoms with van der Waals surface area (Å²) in [5.41, 5.74) is 0.513. The number of carbonyl (C=O) groups excluding carboxylic acids is 5. The summed E-state index contributed by atoms with van der Waals surface area (Å²) in [7, 11) is 0. The highest BCUT2D eigenvalue weighted by atomic mass is 16.2. The van der Waals surface area contributed by atoms with Crippen molar-refractivity contribution in [1.82, 2.24) is 30.2 Å². The third kappa shape index (κ3) is 6.89. The Bertz CT molecular complexity index is 1100. The molecule has 4 rings (SSSR count). The van der Waals surface area contributed by atoms with Crippen LogP contribution in [0.3, 0.4) is 0 Å². The van der Waals surface area contributed by atoms with Crippen LogP contribution in [0.15, 0.2) is 30.3 Å². The maximum Gasteiger partial charge on any atom is 0.324 e. The number of nitrogens with one attached hydrogen (secondary N) is 2. The zero-order chi connectivity index (χ0) is 29.4. The van der Waals surface area contributed by atoms with Gasteiger partial charge in [0.25, 0.3) is 0 Å². The Hall–Kier alpha value is -3.47. The summed E-state index contributed by atoms with van der Waals surface area (Å²) >= 11 is 0. The van der Waals surface area contributed by atoms with E-state index < -0.39 is 29.4 Å². The molecule has 1 aromatic carbocycles. The molecule has 3 saturated heterocycles. The van der Waals surface area contributed by atoms with Gasteiger partial charge in [0.05, 0.1) is 0 Å². The third-order valence-electron chi connectivity index (χ3n) is 8.63. The average molecular weight is 569 g/mol. The van der Waals surface area contributed by atoms with Crippen molar-refractivity contribution in [3.8, 4) is 0 Å². The number of piperazine rings is 2. The molecule has 0 unspecified atom stereocenters. The normalized spacial score (nSPS) is 21.4. The molecule has 3 aliphatic rings. The first-order chi connectivity index (χ1) is 19.8. The Labute approximate surface area is 242 Å². The predicted octanol–water partition coefficient (Wildman–Crippen LogP) is 1.37. The van der Waals surface area contributed by atoms with Crippen LogP contribution in [0.5, 0.6) is 0 Å².